The molecular formula is C9H12F3NOS. The van der Waals surface area contributed by atoms with E-state index in [9.17, 15) is 13.2 Å². The molecule has 6 heteroatoms. The zero-order valence-corrected chi connectivity index (χ0v) is 8.83. The van der Waals surface area contributed by atoms with Crippen molar-refractivity contribution in [2.75, 3.05) is 19.7 Å². The van der Waals surface area contributed by atoms with E-state index in [0.717, 1.165) is 4.88 Å². The molecule has 0 aromatic carbocycles. The van der Waals surface area contributed by atoms with Gasteiger partial charge in [-0.05, 0) is 11.4 Å². The lowest BCUT2D eigenvalue weighted by Gasteiger charge is -2.07. The molecule has 0 saturated heterocycles. The van der Waals surface area contributed by atoms with Crippen LogP contribution in [0.25, 0.3) is 0 Å². The highest BCUT2D eigenvalue weighted by molar-refractivity contribution is 7.09. The Morgan fingerprint density at radius 2 is 2.20 bits per heavy atom. The molecule has 0 radical (unpaired) electrons. The fraction of sp³-hybridized carbons (Fsp3) is 0.556. The van der Waals surface area contributed by atoms with Gasteiger partial charge in [-0.2, -0.15) is 13.2 Å². The molecule has 1 aromatic rings. The van der Waals surface area contributed by atoms with E-state index in [2.05, 4.69) is 5.32 Å². The van der Waals surface area contributed by atoms with E-state index in [-0.39, 0.29) is 13.2 Å². The lowest BCUT2D eigenvalue weighted by Crippen LogP contribution is -2.31. The number of nitrogens with one attached hydrogen (secondary N) is 1. The van der Waals surface area contributed by atoms with Gasteiger partial charge in [0, 0.05) is 11.4 Å². The second-order valence-corrected chi connectivity index (χ2v) is 3.96. The van der Waals surface area contributed by atoms with E-state index in [4.69, 9.17) is 4.74 Å². The Labute approximate surface area is 90.1 Å². The molecule has 0 aliphatic carbocycles. The van der Waals surface area contributed by atoms with Crippen molar-refractivity contribution in [3.05, 3.63) is 22.4 Å². The Morgan fingerprint density at radius 1 is 1.40 bits per heavy atom. The second-order valence-electron chi connectivity index (χ2n) is 2.92. The maximum Gasteiger partial charge on any atom is 0.401 e. The van der Waals surface area contributed by atoms with E-state index in [1.807, 2.05) is 17.5 Å². The molecule has 0 bridgehead atoms. The smallest absolute Gasteiger partial charge is 0.375 e. The second kappa shape index (κ2) is 6.09. The van der Waals surface area contributed by atoms with Gasteiger partial charge in [0.2, 0.25) is 0 Å². The van der Waals surface area contributed by atoms with E-state index in [0.29, 0.717) is 6.61 Å². The fourth-order valence-corrected chi connectivity index (χ4v) is 1.58. The summed E-state index contributed by atoms with van der Waals surface area (Å²) in [5.41, 5.74) is 0. The molecule has 0 spiro atoms. The lowest BCUT2D eigenvalue weighted by molar-refractivity contribution is -0.125. The highest BCUT2D eigenvalue weighted by atomic mass is 32.1. The number of thiophene rings is 1. The van der Waals surface area contributed by atoms with Crippen molar-refractivity contribution < 1.29 is 17.9 Å². The number of ether oxygens (including phenoxy) is 1. The summed E-state index contributed by atoms with van der Waals surface area (Å²) in [7, 11) is 0. The summed E-state index contributed by atoms with van der Waals surface area (Å²) in [5, 5.41) is 4.19. The Kier molecular flexibility index (Phi) is 5.07. The van der Waals surface area contributed by atoms with Gasteiger partial charge >= 0.3 is 6.18 Å². The first-order valence-electron chi connectivity index (χ1n) is 4.45. The minimum absolute atomic E-state index is 0.213. The number of rotatable bonds is 6. The number of hydrogen-bond acceptors (Lipinski definition) is 3. The molecule has 15 heavy (non-hydrogen) atoms. The highest BCUT2D eigenvalue weighted by Crippen LogP contribution is 2.12. The largest absolute Gasteiger partial charge is 0.401 e. The summed E-state index contributed by atoms with van der Waals surface area (Å²) in [4.78, 5) is 1.07. The van der Waals surface area contributed by atoms with Crippen LogP contribution in [0.4, 0.5) is 13.2 Å². The predicted octanol–water partition coefficient (Wildman–Crippen LogP) is 2.42. The van der Waals surface area contributed by atoms with Crippen molar-refractivity contribution in [2.24, 2.45) is 0 Å². The summed E-state index contributed by atoms with van der Waals surface area (Å²) in [5.74, 6) is 0. The molecule has 0 unspecified atom stereocenters. The third-order valence-electron chi connectivity index (χ3n) is 1.57. The molecule has 1 rings (SSSR count). The van der Waals surface area contributed by atoms with Crippen LogP contribution in [0, 0.1) is 0 Å². The van der Waals surface area contributed by atoms with Crippen LogP contribution < -0.4 is 5.32 Å². The molecule has 0 fully saturated rings. The zero-order valence-electron chi connectivity index (χ0n) is 8.01. The highest BCUT2D eigenvalue weighted by Gasteiger charge is 2.25. The van der Waals surface area contributed by atoms with E-state index < -0.39 is 12.7 Å². The molecule has 0 amide bonds. The van der Waals surface area contributed by atoms with Gasteiger partial charge in [-0.3, -0.25) is 0 Å². The first kappa shape index (κ1) is 12.5. The Hall–Kier alpha value is -0.590. The van der Waals surface area contributed by atoms with Crippen LogP contribution in [-0.2, 0) is 11.3 Å². The van der Waals surface area contributed by atoms with Gasteiger partial charge in [0.05, 0.1) is 19.8 Å². The maximum absolute atomic E-state index is 11.7. The van der Waals surface area contributed by atoms with Crippen molar-refractivity contribution in [1.29, 1.82) is 0 Å². The molecule has 1 aromatic heterocycles. The van der Waals surface area contributed by atoms with Crippen molar-refractivity contribution in [2.45, 2.75) is 12.8 Å². The van der Waals surface area contributed by atoms with Crippen LogP contribution in [0.1, 0.15) is 4.88 Å². The van der Waals surface area contributed by atoms with E-state index in [1.54, 1.807) is 11.3 Å². The van der Waals surface area contributed by atoms with Crippen LogP contribution >= 0.6 is 11.3 Å². The van der Waals surface area contributed by atoms with Crippen LogP contribution in [0.3, 0.4) is 0 Å². The third kappa shape index (κ3) is 6.48. The number of hydrogen-bond donors (Lipinski definition) is 1. The molecule has 0 aliphatic heterocycles. The summed E-state index contributed by atoms with van der Waals surface area (Å²) >= 11 is 1.57. The average molecular weight is 239 g/mol. The Bertz CT molecular complexity index is 261. The maximum atomic E-state index is 11.7. The molecule has 0 atom stereocenters. The molecule has 2 nitrogen and oxygen atoms in total. The number of alkyl halides is 3. The zero-order chi connectivity index (χ0) is 11.1. The van der Waals surface area contributed by atoms with Gasteiger partial charge in [0.15, 0.2) is 0 Å². The predicted molar refractivity (Wildman–Crippen MR) is 52.9 cm³/mol. The molecule has 1 N–H and O–H groups in total. The standard InChI is InChI=1S/C9H12F3NOS/c10-9(11,12)7-13-3-4-14-6-8-2-1-5-15-8/h1-2,5,13H,3-4,6-7H2. The minimum atomic E-state index is -4.15. The first-order valence-corrected chi connectivity index (χ1v) is 5.33. The van der Waals surface area contributed by atoms with Crippen LogP contribution in [0.5, 0.6) is 0 Å². The molecule has 0 saturated carbocycles. The summed E-state index contributed by atoms with van der Waals surface area (Å²) in [6.07, 6.45) is -4.15. The number of halogens is 3. The summed E-state index contributed by atoms with van der Waals surface area (Å²) in [6.45, 7) is -0.000405. The minimum Gasteiger partial charge on any atom is -0.375 e. The normalized spacial score (nSPS) is 11.9. The molecule has 86 valence electrons. The van der Waals surface area contributed by atoms with Crippen molar-refractivity contribution in [1.82, 2.24) is 5.32 Å². The van der Waals surface area contributed by atoms with Crippen molar-refractivity contribution in [3.63, 3.8) is 0 Å². The summed E-state index contributed by atoms with van der Waals surface area (Å²) in [6, 6.07) is 3.83. The van der Waals surface area contributed by atoms with Crippen molar-refractivity contribution >= 4 is 11.3 Å². The molecular weight excluding hydrogens is 227 g/mol. The molecule has 1 heterocycles. The van der Waals surface area contributed by atoms with Crippen LogP contribution in [-0.4, -0.2) is 25.9 Å². The van der Waals surface area contributed by atoms with Gasteiger partial charge in [0.25, 0.3) is 0 Å². The van der Waals surface area contributed by atoms with Gasteiger partial charge in [-0.25, -0.2) is 0 Å². The van der Waals surface area contributed by atoms with Gasteiger partial charge < -0.3 is 10.1 Å². The van der Waals surface area contributed by atoms with Crippen LogP contribution in [0.15, 0.2) is 17.5 Å². The fourth-order valence-electron chi connectivity index (χ4n) is 0.942. The van der Waals surface area contributed by atoms with Gasteiger partial charge in [0.1, 0.15) is 0 Å². The van der Waals surface area contributed by atoms with Gasteiger partial charge in [-0.1, -0.05) is 6.07 Å². The first-order chi connectivity index (χ1) is 7.08. The summed E-state index contributed by atoms with van der Waals surface area (Å²) < 4.78 is 40.2. The SMILES string of the molecule is FC(F)(F)CNCCOCc1cccs1. The Morgan fingerprint density at radius 3 is 2.80 bits per heavy atom. The lowest BCUT2D eigenvalue weighted by atomic mass is 10.5. The van der Waals surface area contributed by atoms with Crippen LogP contribution in [0.2, 0.25) is 0 Å². The third-order valence-corrected chi connectivity index (χ3v) is 2.42. The molecule has 0 aliphatic rings. The van der Waals surface area contributed by atoms with Gasteiger partial charge in [-0.15, -0.1) is 11.3 Å². The quantitative estimate of drug-likeness (QED) is 0.770. The van der Waals surface area contributed by atoms with E-state index >= 15 is 0 Å². The Balaban J connectivity index is 1.94. The van der Waals surface area contributed by atoms with E-state index in [1.165, 1.54) is 0 Å². The average Bonchev–Trinajstić information content (AvgIpc) is 2.61. The van der Waals surface area contributed by atoms with Crippen molar-refractivity contribution in [3.8, 4) is 0 Å². The topological polar surface area (TPSA) is 21.3 Å². The monoisotopic (exact) mass is 239 g/mol.